The number of rotatable bonds is 2. The van der Waals surface area contributed by atoms with Gasteiger partial charge < -0.3 is 9.47 Å². The molecule has 0 radical (unpaired) electrons. The summed E-state index contributed by atoms with van der Waals surface area (Å²) in [5.74, 6) is -0.379. The average Bonchev–Trinajstić information content (AvgIpc) is 2.99. The molecule has 0 aliphatic carbocycles. The fraction of sp³-hybridized carbons (Fsp3) is 0.250. The summed E-state index contributed by atoms with van der Waals surface area (Å²) in [7, 11) is 1.84. The lowest BCUT2D eigenvalue weighted by Gasteiger charge is -2.33. The van der Waals surface area contributed by atoms with Gasteiger partial charge in [-0.25, -0.2) is 4.39 Å². The van der Waals surface area contributed by atoms with Gasteiger partial charge in [-0.05, 0) is 54.6 Å². The number of benzene rings is 2. The Morgan fingerprint density at radius 2 is 1.92 bits per heavy atom. The van der Waals surface area contributed by atoms with E-state index >= 15 is 0 Å². The van der Waals surface area contributed by atoms with Crippen LogP contribution in [-0.4, -0.2) is 28.5 Å². The minimum atomic E-state index is -0.324. The normalized spacial score (nSPS) is 16.8. The molecular formula is C20H19FN2O. The smallest absolute Gasteiger partial charge is 0.253 e. The molecule has 2 aromatic carbocycles. The zero-order chi connectivity index (χ0) is 16.7. The highest BCUT2D eigenvalue weighted by Crippen LogP contribution is 2.27. The van der Waals surface area contributed by atoms with Gasteiger partial charge in [0.05, 0.1) is 0 Å². The van der Waals surface area contributed by atoms with Gasteiger partial charge in [0.25, 0.3) is 5.91 Å². The molecule has 0 saturated carbocycles. The van der Waals surface area contributed by atoms with Crippen molar-refractivity contribution in [1.82, 2.24) is 9.47 Å². The number of carbonyl (C=O) groups is 1. The Balaban J connectivity index is 1.59. The predicted molar refractivity (Wildman–Crippen MR) is 92.5 cm³/mol. The molecule has 1 aromatic heterocycles. The van der Waals surface area contributed by atoms with Crippen LogP contribution in [-0.2, 0) is 13.0 Å². The molecule has 1 amide bonds. The van der Waals surface area contributed by atoms with E-state index in [2.05, 4.69) is 28.8 Å². The third-order valence-electron chi connectivity index (χ3n) is 4.98. The molecule has 24 heavy (non-hydrogen) atoms. The van der Waals surface area contributed by atoms with E-state index in [1.807, 2.05) is 13.1 Å². The molecule has 122 valence electrons. The van der Waals surface area contributed by atoms with Crippen LogP contribution in [0.3, 0.4) is 0 Å². The molecule has 0 saturated heterocycles. The summed E-state index contributed by atoms with van der Waals surface area (Å²) in [6, 6.07) is 16.5. The molecule has 0 N–H and O–H groups in total. The number of likely N-dealkylation sites (N-methyl/N-ethyl adjacent to an activating group) is 1. The molecule has 0 bridgehead atoms. The number of carbonyl (C=O) groups excluding carboxylic acids is 1. The fourth-order valence-corrected chi connectivity index (χ4v) is 3.58. The van der Waals surface area contributed by atoms with Crippen LogP contribution in [0.4, 0.5) is 4.39 Å². The summed E-state index contributed by atoms with van der Waals surface area (Å²) in [6.45, 7) is 0.798. The van der Waals surface area contributed by atoms with E-state index in [1.165, 1.54) is 28.7 Å². The monoisotopic (exact) mass is 322 g/mol. The first-order valence-corrected chi connectivity index (χ1v) is 8.23. The number of fused-ring (bicyclic) bond motifs is 3. The van der Waals surface area contributed by atoms with Crippen molar-refractivity contribution in [3.8, 4) is 0 Å². The van der Waals surface area contributed by atoms with Crippen molar-refractivity contribution >= 4 is 16.8 Å². The van der Waals surface area contributed by atoms with Gasteiger partial charge in [-0.1, -0.05) is 18.2 Å². The van der Waals surface area contributed by atoms with Gasteiger partial charge in [0.15, 0.2) is 0 Å². The summed E-state index contributed by atoms with van der Waals surface area (Å²) >= 11 is 0. The van der Waals surface area contributed by atoms with E-state index in [4.69, 9.17) is 0 Å². The van der Waals surface area contributed by atoms with Crippen molar-refractivity contribution in [2.24, 2.45) is 0 Å². The first-order valence-electron chi connectivity index (χ1n) is 8.23. The molecule has 4 rings (SSSR count). The van der Waals surface area contributed by atoms with Gasteiger partial charge in [0.2, 0.25) is 0 Å². The first-order chi connectivity index (χ1) is 11.6. The second kappa shape index (κ2) is 5.78. The van der Waals surface area contributed by atoms with Crippen LogP contribution < -0.4 is 0 Å². The van der Waals surface area contributed by atoms with E-state index in [0.29, 0.717) is 5.56 Å². The van der Waals surface area contributed by atoms with E-state index < -0.39 is 0 Å². The van der Waals surface area contributed by atoms with Crippen LogP contribution in [0.1, 0.15) is 22.5 Å². The molecule has 0 unspecified atom stereocenters. The number of para-hydroxylation sites is 1. The molecule has 0 fully saturated rings. The number of halogens is 1. The standard InChI is InChI=1S/C20H19FN2O/c1-22(20(24)14-6-8-16(21)9-7-14)18-11-10-17-12-15-4-2-3-5-19(15)23(17)13-18/h2-9,12,18H,10-11,13H2,1H3/t18-/m1/s1. The third kappa shape index (κ3) is 2.48. The Kier molecular flexibility index (Phi) is 3.60. The molecule has 3 aromatic rings. The minimum Gasteiger partial charge on any atom is -0.343 e. The third-order valence-corrected chi connectivity index (χ3v) is 4.98. The minimum absolute atomic E-state index is 0.0556. The molecule has 0 spiro atoms. The van der Waals surface area contributed by atoms with Crippen LogP contribution in [0.2, 0.25) is 0 Å². The number of nitrogens with zero attached hydrogens (tertiary/aromatic N) is 2. The van der Waals surface area contributed by atoms with E-state index in [-0.39, 0.29) is 17.8 Å². The second-order valence-electron chi connectivity index (χ2n) is 6.42. The number of hydrogen-bond acceptors (Lipinski definition) is 1. The summed E-state index contributed by atoms with van der Waals surface area (Å²) in [6.07, 6.45) is 1.90. The van der Waals surface area contributed by atoms with E-state index in [1.54, 1.807) is 17.0 Å². The Labute approximate surface area is 140 Å². The summed E-state index contributed by atoms with van der Waals surface area (Å²) < 4.78 is 15.4. The maximum atomic E-state index is 13.1. The summed E-state index contributed by atoms with van der Waals surface area (Å²) in [5, 5.41) is 1.25. The van der Waals surface area contributed by atoms with Crippen molar-refractivity contribution < 1.29 is 9.18 Å². The van der Waals surface area contributed by atoms with Crippen molar-refractivity contribution in [2.75, 3.05) is 7.05 Å². The van der Waals surface area contributed by atoms with Gasteiger partial charge in [0.1, 0.15) is 5.82 Å². The molecule has 1 aliphatic heterocycles. The van der Waals surface area contributed by atoms with E-state index in [9.17, 15) is 9.18 Å². The number of amides is 1. The highest BCUT2D eigenvalue weighted by Gasteiger charge is 2.26. The lowest BCUT2D eigenvalue weighted by atomic mass is 10.0. The van der Waals surface area contributed by atoms with Crippen LogP contribution in [0.25, 0.3) is 10.9 Å². The number of aryl methyl sites for hydroxylation is 1. The molecule has 1 aliphatic rings. The van der Waals surface area contributed by atoms with E-state index in [0.717, 1.165) is 19.4 Å². The van der Waals surface area contributed by atoms with Crippen LogP contribution in [0, 0.1) is 5.82 Å². The lowest BCUT2D eigenvalue weighted by molar-refractivity contribution is 0.0698. The lowest BCUT2D eigenvalue weighted by Crippen LogP contribution is -2.42. The molecule has 1 atom stereocenters. The molecule has 3 nitrogen and oxygen atoms in total. The quantitative estimate of drug-likeness (QED) is 0.703. The zero-order valence-corrected chi connectivity index (χ0v) is 13.6. The van der Waals surface area contributed by atoms with Gasteiger partial charge in [-0.2, -0.15) is 0 Å². The summed E-state index contributed by atoms with van der Waals surface area (Å²) in [5.41, 5.74) is 3.08. The van der Waals surface area contributed by atoms with Crippen LogP contribution in [0.15, 0.2) is 54.6 Å². The maximum absolute atomic E-state index is 13.1. The van der Waals surface area contributed by atoms with Gasteiger partial charge >= 0.3 is 0 Å². The summed E-state index contributed by atoms with van der Waals surface area (Å²) in [4.78, 5) is 14.5. The average molecular weight is 322 g/mol. The van der Waals surface area contributed by atoms with Crippen molar-refractivity contribution in [2.45, 2.75) is 25.4 Å². The fourth-order valence-electron chi connectivity index (χ4n) is 3.58. The highest BCUT2D eigenvalue weighted by molar-refractivity contribution is 5.94. The topological polar surface area (TPSA) is 25.2 Å². The Morgan fingerprint density at radius 3 is 2.71 bits per heavy atom. The Bertz CT molecular complexity index is 898. The first kappa shape index (κ1) is 14.9. The van der Waals surface area contributed by atoms with Gasteiger partial charge in [0, 0.05) is 36.4 Å². The Morgan fingerprint density at radius 1 is 1.17 bits per heavy atom. The van der Waals surface area contributed by atoms with Gasteiger partial charge in [-0.3, -0.25) is 4.79 Å². The second-order valence-corrected chi connectivity index (χ2v) is 6.42. The zero-order valence-electron chi connectivity index (χ0n) is 13.6. The molecule has 4 heteroatoms. The predicted octanol–water partition coefficient (Wildman–Crippen LogP) is 3.87. The van der Waals surface area contributed by atoms with Crippen molar-refractivity contribution in [3.05, 3.63) is 71.7 Å². The van der Waals surface area contributed by atoms with Crippen molar-refractivity contribution in [3.63, 3.8) is 0 Å². The Hall–Kier alpha value is -2.62. The van der Waals surface area contributed by atoms with Crippen LogP contribution >= 0.6 is 0 Å². The number of aromatic nitrogens is 1. The van der Waals surface area contributed by atoms with Gasteiger partial charge in [-0.15, -0.1) is 0 Å². The highest BCUT2D eigenvalue weighted by atomic mass is 19.1. The molecule has 2 heterocycles. The molecular weight excluding hydrogens is 303 g/mol. The van der Waals surface area contributed by atoms with Crippen LogP contribution in [0.5, 0.6) is 0 Å². The van der Waals surface area contributed by atoms with Crippen molar-refractivity contribution in [1.29, 1.82) is 0 Å². The number of hydrogen-bond donors (Lipinski definition) is 0. The SMILES string of the molecule is CN(C(=O)c1ccc(F)cc1)[C@@H]1CCc2cc3ccccc3n2C1. The maximum Gasteiger partial charge on any atom is 0.253 e. The largest absolute Gasteiger partial charge is 0.343 e.